The lowest BCUT2D eigenvalue weighted by atomic mass is 10.2. The van der Waals surface area contributed by atoms with Crippen molar-refractivity contribution in [2.24, 2.45) is 0 Å². The lowest BCUT2D eigenvalue weighted by Crippen LogP contribution is -2.14. The number of sulfonamides is 1. The highest BCUT2D eigenvalue weighted by Crippen LogP contribution is 2.22. The minimum Gasteiger partial charge on any atom is -0.399 e. The van der Waals surface area contributed by atoms with E-state index >= 15 is 0 Å². The fraction of sp³-hybridized carbons (Fsp3) is 0.0769. The van der Waals surface area contributed by atoms with Crippen LogP contribution in [0.5, 0.6) is 0 Å². The highest BCUT2D eigenvalue weighted by molar-refractivity contribution is 7.92. The zero-order valence-corrected chi connectivity index (χ0v) is 11.3. The minimum absolute atomic E-state index is 0.00111. The lowest BCUT2D eigenvalue weighted by Gasteiger charge is -2.11. The number of hydrogen-bond donors (Lipinski definition) is 2. The molecule has 2 aromatic carbocycles. The van der Waals surface area contributed by atoms with E-state index in [1.165, 1.54) is 12.1 Å². The van der Waals surface area contributed by atoms with Crippen LogP contribution in [0.25, 0.3) is 0 Å². The molecule has 7 heteroatoms. The van der Waals surface area contributed by atoms with Gasteiger partial charge >= 0.3 is 0 Å². The van der Waals surface area contributed by atoms with Crippen molar-refractivity contribution in [3.63, 3.8) is 0 Å². The van der Waals surface area contributed by atoms with Crippen LogP contribution in [0.1, 0.15) is 5.56 Å². The summed E-state index contributed by atoms with van der Waals surface area (Å²) in [5, 5.41) is 0. The molecule has 0 atom stereocenters. The van der Waals surface area contributed by atoms with Gasteiger partial charge in [0.2, 0.25) is 0 Å². The van der Waals surface area contributed by atoms with Crippen molar-refractivity contribution >= 4 is 21.4 Å². The summed E-state index contributed by atoms with van der Waals surface area (Å²) >= 11 is 0. The summed E-state index contributed by atoms with van der Waals surface area (Å²) in [6, 6.07) is 6.64. The first-order valence-electron chi connectivity index (χ1n) is 5.63. The highest BCUT2D eigenvalue weighted by atomic mass is 32.2. The van der Waals surface area contributed by atoms with Crippen molar-refractivity contribution in [1.29, 1.82) is 0 Å². The second-order valence-corrected chi connectivity index (χ2v) is 5.97. The summed E-state index contributed by atoms with van der Waals surface area (Å²) in [4.78, 5) is -0.293. The molecule has 0 bridgehead atoms. The van der Waals surface area contributed by atoms with Gasteiger partial charge in [0.05, 0.1) is 10.6 Å². The van der Waals surface area contributed by atoms with Gasteiger partial charge in [0, 0.05) is 5.69 Å². The summed E-state index contributed by atoms with van der Waals surface area (Å²) in [5.41, 5.74) is 6.05. The van der Waals surface area contributed by atoms with E-state index in [2.05, 4.69) is 4.72 Å². The zero-order chi connectivity index (χ0) is 14.9. The first-order valence-corrected chi connectivity index (χ1v) is 7.11. The molecule has 0 amide bonds. The van der Waals surface area contributed by atoms with Gasteiger partial charge in [0.25, 0.3) is 10.0 Å². The van der Waals surface area contributed by atoms with Gasteiger partial charge in [-0.05, 0) is 48.9 Å². The van der Waals surface area contributed by atoms with Gasteiger partial charge in [-0.1, -0.05) is 0 Å². The van der Waals surface area contributed by atoms with Crippen LogP contribution in [0.2, 0.25) is 0 Å². The summed E-state index contributed by atoms with van der Waals surface area (Å²) in [7, 11) is -3.99. The molecule has 3 N–H and O–H groups in total. The normalized spacial score (nSPS) is 11.3. The molecule has 0 heterocycles. The fourth-order valence-electron chi connectivity index (χ4n) is 1.68. The summed E-state index contributed by atoms with van der Waals surface area (Å²) in [6.45, 7) is 1.56. The number of halogens is 2. The number of nitrogens with one attached hydrogen (secondary N) is 1. The number of rotatable bonds is 3. The Balaban J connectivity index is 2.40. The van der Waals surface area contributed by atoms with Gasteiger partial charge in [0.1, 0.15) is 11.6 Å². The van der Waals surface area contributed by atoms with E-state index in [0.29, 0.717) is 5.56 Å². The molecule has 4 nitrogen and oxygen atoms in total. The molecule has 106 valence electrons. The minimum atomic E-state index is -3.99. The Bertz CT molecular complexity index is 741. The Morgan fingerprint density at radius 3 is 2.35 bits per heavy atom. The van der Waals surface area contributed by atoms with Gasteiger partial charge in [-0.25, -0.2) is 17.2 Å². The molecule has 0 aliphatic carbocycles. The van der Waals surface area contributed by atoms with E-state index < -0.39 is 21.7 Å². The van der Waals surface area contributed by atoms with Crippen LogP contribution in [-0.4, -0.2) is 8.42 Å². The molecule has 0 radical (unpaired) electrons. The molecule has 0 spiro atoms. The third kappa shape index (κ3) is 3.05. The first kappa shape index (κ1) is 14.3. The second kappa shape index (κ2) is 5.09. The Morgan fingerprint density at radius 2 is 1.75 bits per heavy atom. The number of nitrogens with two attached hydrogens (primary N) is 1. The Hall–Kier alpha value is -2.15. The fourth-order valence-corrected chi connectivity index (χ4v) is 2.88. The molecule has 0 aromatic heterocycles. The number of nitrogen functional groups attached to an aromatic ring is 1. The SMILES string of the molecule is Cc1cc(F)ccc1NS(=O)(=O)c1cc(N)cc(F)c1. The van der Waals surface area contributed by atoms with Gasteiger partial charge in [-0.3, -0.25) is 4.72 Å². The monoisotopic (exact) mass is 298 g/mol. The molecule has 0 aliphatic rings. The Labute approximate surface area is 115 Å². The zero-order valence-electron chi connectivity index (χ0n) is 10.5. The van der Waals surface area contributed by atoms with Gasteiger partial charge in [-0.15, -0.1) is 0 Å². The molecule has 0 unspecified atom stereocenters. The molecule has 2 rings (SSSR count). The predicted octanol–water partition coefficient (Wildman–Crippen LogP) is 2.66. The standard InChI is InChI=1S/C13H12F2N2O2S/c1-8-4-9(14)2-3-13(8)17-20(18,19)12-6-10(15)5-11(16)7-12/h2-7,17H,16H2,1H3. The van der Waals surface area contributed by atoms with Gasteiger partial charge in [0.15, 0.2) is 0 Å². The molecule has 0 aliphatic heterocycles. The van der Waals surface area contributed by atoms with E-state index in [1.54, 1.807) is 6.92 Å². The van der Waals surface area contributed by atoms with E-state index in [4.69, 9.17) is 5.73 Å². The predicted molar refractivity (Wildman–Crippen MR) is 72.8 cm³/mol. The highest BCUT2D eigenvalue weighted by Gasteiger charge is 2.17. The Morgan fingerprint density at radius 1 is 1.05 bits per heavy atom. The van der Waals surface area contributed by atoms with Crippen LogP contribution >= 0.6 is 0 Å². The molecule has 0 saturated heterocycles. The molecular formula is C13H12F2N2O2S. The molecule has 0 saturated carbocycles. The molecule has 2 aromatic rings. The van der Waals surface area contributed by atoms with Crippen molar-refractivity contribution in [3.8, 4) is 0 Å². The maximum absolute atomic E-state index is 13.2. The van der Waals surface area contributed by atoms with E-state index in [0.717, 1.165) is 24.3 Å². The Kier molecular flexibility index (Phi) is 3.63. The van der Waals surface area contributed by atoms with E-state index in [1.807, 2.05) is 0 Å². The number of aryl methyl sites for hydroxylation is 1. The summed E-state index contributed by atoms with van der Waals surface area (Å²) < 4.78 is 52.7. The largest absolute Gasteiger partial charge is 0.399 e. The third-order valence-corrected chi connectivity index (χ3v) is 3.98. The van der Waals surface area contributed by atoms with Crippen LogP contribution in [0, 0.1) is 18.6 Å². The van der Waals surface area contributed by atoms with Crippen LogP contribution in [0.4, 0.5) is 20.2 Å². The molecular weight excluding hydrogens is 286 g/mol. The first-order chi connectivity index (χ1) is 9.28. The lowest BCUT2D eigenvalue weighted by molar-refractivity contribution is 0.595. The van der Waals surface area contributed by atoms with E-state index in [-0.39, 0.29) is 16.3 Å². The van der Waals surface area contributed by atoms with Crippen molar-refractivity contribution < 1.29 is 17.2 Å². The maximum atomic E-state index is 13.2. The van der Waals surface area contributed by atoms with Crippen LogP contribution < -0.4 is 10.5 Å². The van der Waals surface area contributed by atoms with Gasteiger partial charge < -0.3 is 5.73 Å². The maximum Gasteiger partial charge on any atom is 0.262 e. The average molecular weight is 298 g/mol. The topological polar surface area (TPSA) is 72.2 Å². The van der Waals surface area contributed by atoms with Crippen molar-refractivity contribution in [2.75, 3.05) is 10.5 Å². The number of benzene rings is 2. The van der Waals surface area contributed by atoms with Crippen LogP contribution in [0.15, 0.2) is 41.3 Å². The van der Waals surface area contributed by atoms with Gasteiger partial charge in [-0.2, -0.15) is 0 Å². The number of hydrogen-bond acceptors (Lipinski definition) is 3. The quantitative estimate of drug-likeness (QED) is 0.856. The molecule has 0 fully saturated rings. The van der Waals surface area contributed by atoms with E-state index in [9.17, 15) is 17.2 Å². The number of anilines is 2. The third-order valence-electron chi connectivity index (χ3n) is 2.64. The van der Waals surface area contributed by atoms with Crippen molar-refractivity contribution in [1.82, 2.24) is 0 Å². The van der Waals surface area contributed by atoms with Crippen molar-refractivity contribution in [3.05, 3.63) is 53.6 Å². The van der Waals surface area contributed by atoms with Crippen LogP contribution in [0.3, 0.4) is 0 Å². The summed E-state index contributed by atoms with van der Waals surface area (Å²) in [5.74, 6) is -1.22. The molecule has 20 heavy (non-hydrogen) atoms. The summed E-state index contributed by atoms with van der Waals surface area (Å²) in [6.07, 6.45) is 0. The van der Waals surface area contributed by atoms with Crippen LogP contribution in [-0.2, 0) is 10.0 Å². The second-order valence-electron chi connectivity index (χ2n) is 4.29. The average Bonchev–Trinajstić information content (AvgIpc) is 2.31. The van der Waals surface area contributed by atoms with Crippen molar-refractivity contribution in [2.45, 2.75) is 11.8 Å². The smallest absolute Gasteiger partial charge is 0.262 e.